The summed E-state index contributed by atoms with van der Waals surface area (Å²) in [5, 5.41) is 0. The van der Waals surface area contributed by atoms with Crippen LogP contribution in [0.3, 0.4) is 0 Å². The number of carbonyl (C=O) groups excluding carboxylic acids is 2. The van der Waals surface area contributed by atoms with Crippen LogP contribution in [0.25, 0.3) is 0 Å². The number of carbonyl (C=O) groups is 2. The molecule has 0 aromatic heterocycles. The molecule has 0 aliphatic rings. The Labute approximate surface area is 138 Å². The van der Waals surface area contributed by atoms with Gasteiger partial charge in [-0.1, -0.05) is 19.1 Å². The fourth-order valence-electron chi connectivity index (χ4n) is 2.20. The molecule has 0 atom stereocenters. The molecule has 5 nitrogen and oxygen atoms in total. The smallest absolute Gasteiger partial charge is 0.307 e. The van der Waals surface area contributed by atoms with Crippen molar-refractivity contribution in [2.45, 2.75) is 40.5 Å². The second-order valence-electron chi connectivity index (χ2n) is 5.42. The number of benzene rings is 1. The molecule has 1 rings (SSSR count). The van der Waals surface area contributed by atoms with E-state index in [0.717, 1.165) is 23.3 Å². The van der Waals surface area contributed by atoms with E-state index in [2.05, 4.69) is 0 Å². The van der Waals surface area contributed by atoms with Crippen LogP contribution in [0.5, 0.6) is 5.75 Å². The highest BCUT2D eigenvalue weighted by atomic mass is 16.5. The average molecular weight is 321 g/mol. The number of nitrogens with zero attached hydrogens (tertiary/aromatic N) is 1. The Hall–Kier alpha value is -2.04. The Balaban J connectivity index is 2.56. The zero-order valence-electron chi connectivity index (χ0n) is 14.6. The Morgan fingerprint density at radius 2 is 1.87 bits per heavy atom. The summed E-state index contributed by atoms with van der Waals surface area (Å²) in [6, 6.07) is 5.78. The van der Waals surface area contributed by atoms with Gasteiger partial charge in [-0.2, -0.15) is 0 Å². The van der Waals surface area contributed by atoms with Crippen molar-refractivity contribution >= 4 is 11.9 Å². The number of hydrogen-bond donors (Lipinski definition) is 0. The maximum atomic E-state index is 12.3. The molecule has 0 aliphatic carbocycles. The van der Waals surface area contributed by atoms with Crippen molar-refractivity contribution in [3.8, 4) is 5.75 Å². The molecule has 0 saturated heterocycles. The highest BCUT2D eigenvalue weighted by molar-refractivity contribution is 5.78. The molecule has 0 radical (unpaired) electrons. The molecule has 1 aromatic carbocycles. The minimum Gasteiger partial charge on any atom is -0.483 e. The summed E-state index contributed by atoms with van der Waals surface area (Å²) in [5.74, 6) is 0.328. The van der Waals surface area contributed by atoms with Gasteiger partial charge >= 0.3 is 5.97 Å². The van der Waals surface area contributed by atoms with E-state index in [-0.39, 0.29) is 24.9 Å². The molecule has 0 heterocycles. The van der Waals surface area contributed by atoms with E-state index < -0.39 is 0 Å². The van der Waals surface area contributed by atoms with Crippen molar-refractivity contribution in [2.24, 2.45) is 0 Å². The van der Waals surface area contributed by atoms with Crippen LogP contribution in [0.15, 0.2) is 18.2 Å². The average Bonchev–Trinajstić information content (AvgIpc) is 2.52. The van der Waals surface area contributed by atoms with Gasteiger partial charge < -0.3 is 14.4 Å². The molecule has 0 unspecified atom stereocenters. The van der Waals surface area contributed by atoms with E-state index in [9.17, 15) is 9.59 Å². The van der Waals surface area contributed by atoms with Gasteiger partial charge in [-0.25, -0.2) is 0 Å². The van der Waals surface area contributed by atoms with Crippen LogP contribution >= 0.6 is 0 Å². The summed E-state index contributed by atoms with van der Waals surface area (Å²) in [7, 11) is 0. The Bertz CT molecular complexity index is 528. The van der Waals surface area contributed by atoms with Crippen LogP contribution in [-0.4, -0.2) is 43.1 Å². The van der Waals surface area contributed by atoms with E-state index in [1.54, 1.807) is 11.8 Å². The van der Waals surface area contributed by atoms with Gasteiger partial charge in [0.15, 0.2) is 6.61 Å². The van der Waals surface area contributed by atoms with Gasteiger partial charge in [0.25, 0.3) is 5.91 Å². The standard InChI is InChI=1S/C18H27NO4/c1-5-11-19(12-10-18(21)22-6-2)17(20)13-23-16-9-7-8-14(3)15(16)4/h7-9H,5-6,10-13H2,1-4H3. The summed E-state index contributed by atoms with van der Waals surface area (Å²) >= 11 is 0. The molecule has 128 valence electrons. The second kappa shape index (κ2) is 9.87. The Kier molecular flexibility index (Phi) is 8.16. The topological polar surface area (TPSA) is 55.8 Å². The fraction of sp³-hybridized carbons (Fsp3) is 0.556. The summed E-state index contributed by atoms with van der Waals surface area (Å²) in [5.41, 5.74) is 2.16. The largest absolute Gasteiger partial charge is 0.483 e. The molecular formula is C18H27NO4. The first-order valence-electron chi connectivity index (χ1n) is 8.12. The first-order chi connectivity index (χ1) is 11.0. The lowest BCUT2D eigenvalue weighted by molar-refractivity contribution is -0.144. The Morgan fingerprint density at radius 3 is 2.52 bits per heavy atom. The van der Waals surface area contributed by atoms with Gasteiger partial charge in [0.1, 0.15) is 5.75 Å². The Morgan fingerprint density at radius 1 is 1.13 bits per heavy atom. The third-order valence-electron chi connectivity index (χ3n) is 3.64. The van der Waals surface area contributed by atoms with E-state index in [4.69, 9.17) is 9.47 Å². The normalized spacial score (nSPS) is 10.3. The van der Waals surface area contributed by atoms with Crippen LogP contribution in [0.2, 0.25) is 0 Å². The lowest BCUT2D eigenvalue weighted by Crippen LogP contribution is -2.37. The monoisotopic (exact) mass is 321 g/mol. The van der Waals surface area contributed by atoms with Crippen LogP contribution in [0.4, 0.5) is 0 Å². The van der Waals surface area contributed by atoms with Crippen LogP contribution in [-0.2, 0) is 14.3 Å². The first-order valence-corrected chi connectivity index (χ1v) is 8.12. The molecule has 1 amide bonds. The second-order valence-corrected chi connectivity index (χ2v) is 5.42. The van der Waals surface area contributed by atoms with E-state index in [1.807, 2.05) is 39.0 Å². The molecule has 0 aliphatic heterocycles. The summed E-state index contributed by atoms with van der Waals surface area (Å²) in [6.45, 7) is 9.05. The molecule has 0 bridgehead atoms. The quantitative estimate of drug-likeness (QED) is 0.656. The maximum absolute atomic E-state index is 12.3. The van der Waals surface area contributed by atoms with Crippen LogP contribution < -0.4 is 4.74 Å². The van der Waals surface area contributed by atoms with Gasteiger partial charge in [0.05, 0.1) is 13.0 Å². The van der Waals surface area contributed by atoms with Crippen molar-refractivity contribution in [3.63, 3.8) is 0 Å². The zero-order chi connectivity index (χ0) is 17.2. The van der Waals surface area contributed by atoms with E-state index >= 15 is 0 Å². The van der Waals surface area contributed by atoms with Gasteiger partial charge in [-0.15, -0.1) is 0 Å². The highest BCUT2D eigenvalue weighted by Crippen LogP contribution is 2.20. The molecule has 0 saturated carbocycles. The number of esters is 1. The van der Waals surface area contributed by atoms with Gasteiger partial charge in [0.2, 0.25) is 0 Å². The third-order valence-corrected chi connectivity index (χ3v) is 3.64. The van der Waals surface area contributed by atoms with Crippen LogP contribution in [0, 0.1) is 13.8 Å². The number of aryl methyl sites for hydroxylation is 1. The fourth-order valence-corrected chi connectivity index (χ4v) is 2.20. The maximum Gasteiger partial charge on any atom is 0.307 e. The highest BCUT2D eigenvalue weighted by Gasteiger charge is 2.16. The van der Waals surface area contributed by atoms with Gasteiger partial charge in [0, 0.05) is 13.1 Å². The minimum absolute atomic E-state index is 0.0207. The SMILES string of the molecule is CCCN(CCC(=O)OCC)C(=O)COc1cccc(C)c1C. The van der Waals surface area contributed by atoms with Crippen molar-refractivity contribution in [1.29, 1.82) is 0 Å². The minimum atomic E-state index is -0.281. The predicted octanol–water partition coefficient (Wildman–Crippen LogP) is 2.87. The summed E-state index contributed by atoms with van der Waals surface area (Å²) in [4.78, 5) is 25.4. The summed E-state index contributed by atoms with van der Waals surface area (Å²) < 4.78 is 10.6. The lowest BCUT2D eigenvalue weighted by atomic mass is 10.1. The van der Waals surface area contributed by atoms with Crippen molar-refractivity contribution in [1.82, 2.24) is 4.90 Å². The molecule has 5 heteroatoms. The molecule has 0 N–H and O–H groups in total. The molecule has 0 fully saturated rings. The number of rotatable bonds is 9. The first kappa shape index (κ1) is 19.0. The summed E-state index contributed by atoms with van der Waals surface area (Å²) in [6.07, 6.45) is 1.04. The number of amides is 1. The molecular weight excluding hydrogens is 294 g/mol. The zero-order valence-corrected chi connectivity index (χ0v) is 14.6. The van der Waals surface area contributed by atoms with E-state index in [0.29, 0.717) is 19.7 Å². The lowest BCUT2D eigenvalue weighted by Gasteiger charge is -2.22. The molecule has 23 heavy (non-hydrogen) atoms. The van der Waals surface area contributed by atoms with Crippen molar-refractivity contribution < 1.29 is 19.1 Å². The molecule has 0 spiro atoms. The predicted molar refractivity (Wildman–Crippen MR) is 89.5 cm³/mol. The van der Waals surface area contributed by atoms with Crippen LogP contribution in [0.1, 0.15) is 37.8 Å². The third kappa shape index (κ3) is 6.30. The van der Waals surface area contributed by atoms with Crippen molar-refractivity contribution in [3.05, 3.63) is 29.3 Å². The molecule has 1 aromatic rings. The van der Waals surface area contributed by atoms with Crippen molar-refractivity contribution in [2.75, 3.05) is 26.3 Å². The van der Waals surface area contributed by atoms with Gasteiger partial charge in [-0.05, 0) is 44.4 Å². The van der Waals surface area contributed by atoms with Gasteiger partial charge in [-0.3, -0.25) is 9.59 Å². The number of hydrogen-bond acceptors (Lipinski definition) is 4. The number of ether oxygens (including phenoxy) is 2. The van der Waals surface area contributed by atoms with E-state index in [1.165, 1.54) is 0 Å².